The van der Waals surface area contributed by atoms with Crippen LogP contribution in [0.1, 0.15) is 48.4 Å². The molecule has 0 spiro atoms. The van der Waals surface area contributed by atoms with E-state index in [-0.39, 0.29) is 24.0 Å². The molecule has 144 valence electrons. The van der Waals surface area contributed by atoms with Crippen molar-refractivity contribution < 1.29 is 9.21 Å². The van der Waals surface area contributed by atoms with E-state index >= 15 is 0 Å². The van der Waals surface area contributed by atoms with Crippen LogP contribution in [0.5, 0.6) is 0 Å². The van der Waals surface area contributed by atoms with Gasteiger partial charge in [0, 0.05) is 18.9 Å². The highest BCUT2D eigenvalue weighted by molar-refractivity contribution is 5.82. The van der Waals surface area contributed by atoms with E-state index in [0.29, 0.717) is 13.0 Å². The first-order valence-electron chi connectivity index (χ1n) is 9.70. The summed E-state index contributed by atoms with van der Waals surface area (Å²) in [4.78, 5) is 19.4. The summed E-state index contributed by atoms with van der Waals surface area (Å²) in [6, 6.07) is 7.87. The van der Waals surface area contributed by atoms with Gasteiger partial charge in [-0.05, 0) is 63.0 Å². The van der Waals surface area contributed by atoms with Gasteiger partial charge in [-0.3, -0.25) is 14.7 Å². The van der Waals surface area contributed by atoms with Crippen LogP contribution in [0.4, 0.5) is 0 Å². The molecular weight excluding hydrogens is 342 g/mol. The molecule has 2 aromatic rings. The molecule has 27 heavy (non-hydrogen) atoms. The first-order chi connectivity index (χ1) is 13.2. The number of carbonyl (C=O) groups is 1. The van der Waals surface area contributed by atoms with Crippen LogP contribution < -0.4 is 16.2 Å². The second kappa shape index (κ2) is 8.21. The van der Waals surface area contributed by atoms with Crippen molar-refractivity contribution in [1.82, 2.24) is 26.1 Å². The molecule has 2 fully saturated rings. The summed E-state index contributed by atoms with van der Waals surface area (Å²) < 4.78 is 5.67. The Labute approximate surface area is 159 Å². The fraction of sp³-hybridized carbons (Fsp3) is 0.500. The highest BCUT2D eigenvalue weighted by Gasteiger charge is 2.32. The van der Waals surface area contributed by atoms with E-state index in [1.54, 1.807) is 6.20 Å². The number of nitrogens with one attached hydrogen (secondary N) is 3. The van der Waals surface area contributed by atoms with Crippen LogP contribution in [0.2, 0.25) is 0 Å². The first-order valence-corrected chi connectivity index (χ1v) is 9.70. The molecule has 2 aliphatic rings. The van der Waals surface area contributed by atoms with Crippen molar-refractivity contribution in [3.8, 4) is 0 Å². The number of aromatic nitrogens is 1. The molecule has 4 rings (SSSR count). The van der Waals surface area contributed by atoms with Gasteiger partial charge < -0.3 is 9.73 Å². The van der Waals surface area contributed by atoms with Gasteiger partial charge in [-0.25, -0.2) is 10.9 Å². The molecule has 2 aliphatic heterocycles. The molecule has 0 bridgehead atoms. The second-order valence-electron chi connectivity index (χ2n) is 7.37. The maximum Gasteiger partial charge on any atom is 0.238 e. The smallest absolute Gasteiger partial charge is 0.238 e. The van der Waals surface area contributed by atoms with Crippen molar-refractivity contribution in [2.45, 2.75) is 44.3 Å². The third-order valence-corrected chi connectivity index (χ3v) is 5.44. The number of pyridine rings is 1. The zero-order valence-electron chi connectivity index (χ0n) is 15.6. The summed E-state index contributed by atoms with van der Waals surface area (Å²) in [5.41, 5.74) is 7.42. The van der Waals surface area contributed by atoms with Crippen molar-refractivity contribution in [3.63, 3.8) is 0 Å². The topological polar surface area (TPSA) is 82.4 Å². The predicted octanol–water partition coefficient (Wildman–Crippen LogP) is 1.84. The van der Waals surface area contributed by atoms with E-state index in [9.17, 15) is 4.79 Å². The third-order valence-electron chi connectivity index (χ3n) is 5.44. The Balaban J connectivity index is 1.35. The molecule has 2 saturated heterocycles. The highest BCUT2D eigenvalue weighted by Crippen LogP contribution is 2.26. The van der Waals surface area contributed by atoms with Crippen LogP contribution in [0.15, 0.2) is 41.1 Å². The summed E-state index contributed by atoms with van der Waals surface area (Å²) in [7, 11) is 0. The summed E-state index contributed by atoms with van der Waals surface area (Å²) in [5, 5.41) is 3.14. The van der Waals surface area contributed by atoms with E-state index in [0.717, 1.165) is 30.2 Å². The molecule has 3 atom stereocenters. The number of aryl methyl sites for hydroxylation is 1. The third kappa shape index (κ3) is 4.21. The summed E-state index contributed by atoms with van der Waals surface area (Å²) in [6.07, 6.45) is 6.78. The Bertz CT molecular complexity index is 757. The molecule has 0 aliphatic carbocycles. The van der Waals surface area contributed by atoms with Crippen LogP contribution >= 0.6 is 0 Å². The minimum atomic E-state index is -0.270. The standard InChI is InChI=1S/C20H27N5O2/c1-14-6-7-19(27-14)16-11-17(24-23-16)20(26)22-13-18(25-9-2-3-10-25)15-5-4-8-21-12-15/h4-8,12,16-18,23-24H,2-3,9-11,13H2,1H3,(H,22,26). The van der Waals surface area contributed by atoms with Gasteiger partial charge in [-0.2, -0.15) is 0 Å². The Kier molecular flexibility index (Phi) is 5.52. The van der Waals surface area contributed by atoms with Gasteiger partial charge in [0.1, 0.15) is 17.6 Å². The number of amides is 1. The number of rotatable bonds is 6. The quantitative estimate of drug-likeness (QED) is 0.721. The molecule has 1 amide bonds. The maximum absolute atomic E-state index is 12.7. The van der Waals surface area contributed by atoms with Gasteiger partial charge in [0.15, 0.2) is 0 Å². The van der Waals surface area contributed by atoms with Gasteiger partial charge in [0.05, 0.1) is 12.1 Å². The molecule has 7 nitrogen and oxygen atoms in total. The van der Waals surface area contributed by atoms with Gasteiger partial charge in [0.2, 0.25) is 5.91 Å². The lowest BCUT2D eigenvalue weighted by Crippen LogP contribution is -2.46. The van der Waals surface area contributed by atoms with Crippen molar-refractivity contribution in [2.75, 3.05) is 19.6 Å². The molecule has 4 heterocycles. The number of furan rings is 1. The SMILES string of the molecule is Cc1ccc(C2CC(C(=O)NCC(c3cccnc3)N3CCCC3)NN2)o1. The average Bonchev–Trinajstić information content (AvgIpc) is 3.44. The lowest BCUT2D eigenvalue weighted by atomic mass is 10.1. The molecule has 0 saturated carbocycles. The van der Waals surface area contributed by atoms with E-state index < -0.39 is 0 Å². The Morgan fingerprint density at radius 1 is 1.33 bits per heavy atom. The summed E-state index contributed by atoms with van der Waals surface area (Å²) in [6.45, 7) is 4.65. The minimum absolute atomic E-state index is 0.0152. The Morgan fingerprint density at radius 2 is 2.19 bits per heavy atom. The van der Waals surface area contributed by atoms with Crippen molar-refractivity contribution in [3.05, 3.63) is 53.7 Å². The van der Waals surface area contributed by atoms with Crippen molar-refractivity contribution in [2.24, 2.45) is 0 Å². The average molecular weight is 369 g/mol. The van der Waals surface area contributed by atoms with Crippen molar-refractivity contribution >= 4 is 5.91 Å². The summed E-state index contributed by atoms with van der Waals surface area (Å²) >= 11 is 0. The van der Waals surface area contributed by atoms with Crippen LogP contribution in [-0.4, -0.2) is 41.5 Å². The lowest BCUT2D eigenvalue weighted by molar-refractivity contribution is -0.123. The normalized spacial score (nSPS) is 24.2. The number of nitrogens with zero attached hydrogens (tertiary/aromatic N) is 2. The molecule has 7 heteroatoms. The number of carbonyl (C=O) groups excluding carboxylic acids is 1. The largest absolute Gasteiger partial charge is 0.465 e. The van der Waals surface area contributed by atoms with Crippen LogP contribution in [-0.2, 0) is 4.79 Å². The second-order valence-corrected chi connectivity index (χ2v) is 7.37. The van der Waals surface area contributed by atoms with E-state index in [2.05, 4.69) is 32.1 Å². The number of likely N-dealkylation sites (tertiary alicyclic amines) is 1. The molecular formula is C20H27N5O2. The molecule has 3 N–H and O–H groups in total. The van der Waals surface area contributed by atoms with E-state index in [1.807, 2.05) is 31.3 Å². The van der Waals surface area contributed by atoms with E-state index in [1.165, 1.54) is 12.8 Å². The zero-order chi connectivity index (χ0) is 18.6. The molecule has 0 radical (unpaired) electrons. The lowest BCUT2D eigenvalue weighted by Gasteiger charge is -2.28. The molecule has 2 aromatic heterocycles. The fourth-order valence-corrected chi connectivity index (χ4v) is 3.96. The number of hydrazine groups is 1. The Morgan fingerprint density at radius 3 is 2.89 bits per heavy atom. The first kappa shape index (κ1) is 18.2. The highest BCUT2D eigenvalue weighted by atomic mass is 16.3. The molecule has 3 unspecified atom stereocenters. The minimum Gasteiger partial charge on any atom is -0.465 e. The monoisotopic (exact) mass is 369 g/mol. The van der Waals surface area contributed by atoms with Gasteiger partial charge in [0.25, 0.3) is 0 Å². The fourth-order valence-electron chi connectivity index (χ4n) is 3.96. The van der Waals surface area contributed by atoms with Crippen LogP contribution in [0.25, 0.3) is 0 Å². The van der Waals surface area contributed by atoms with Crippen LogP contribution in [0.3, 0.4) is 0 Å². The van der Waals surface area contributed by atoms with Crippen molar-refractivity contribution in [1.29, 1.82) is 0 Å². The Hall–Kier alpha value is -2.22. The predicted molar refractivity (Wildman–Crippen MR) is 102 cm³/mol. The number of hydrogen-bond acceptors (Lipinski definition) is 6. The maximum atomic E-state index is 12.7. The molecule has 0 aromatic carbocycles. The van der Waals surface area contributed by atoms with Gasteiger partial charge in [-0.1, -0.05) is 6.07 Å². The van der Waals surface area contributed by atoms with Gasteiger partial charge >= 0.3 is 0 Å². The van der Waals surface area contributed by atoms with E-state index in [4.69, 9.17) is 4.42 Å². The van der Waals surface area contributed by atoms with Gasteiger partial charge in [-0.15, -0.1) is 0 Å². The number of hydrogen-bond donors (Lipinski definition) is 3. The van der Waals surface area contributed by atoms with Crippen LogP contribution in [0, 0.1) is 6.92 Å². The summed E-state index contributed by atoms with van der Waals surface area (Å²) in [5.74, 6) is 1.76. The zero-order valence-corrected chi connectivity index (χ0v) is 15.6.